The van der Waals surface area contributed by atoms with Crippen molar-refractivity contribution in [2.45, 2.75) is 32.4 Å². The second kappa shape index (κ2) is 5.65. The van der Waals surface area contributed by atoms with Gasteiger partial charge in [0, 0.05) is 30.0 Å². The van der Waals surface area contributed by atoms with Crippen molar-refractivity contribution in [1.82, 2.24) is 4.90 Å². The summed E-state index contributed by atoms with van der Waals surface area (Å²) in [6, 6.07) is 7.94. The summed E-state index contributed by atoms with van der Waals surface area (Å²) in [7, 11) is 1.80. The Morgan fingerprint density at radius 2 is 2.12 bits per heavy atom. The van der Waals surface area contributed by atoms with Gasteiger partial charge in [0.15, 0.2) is 0 Å². The van der Waals surface area contributed by atoms with Gasteiger partial charge in [-0.3, -0.25) is 4.79 Å². The lowest BCUT2D eigenvalue weighted by molar-refractivity contribution is -0.131. The van der Waals surface area contributed by atoms with Gasteiger partial charge in [0.25, 0.3) is 0 Å². The maximum Gasteiger partial charge on any atom is 0.224 e. The zero-order valence-electron chi connectivity index (χ0n) is 10.5. The van der Waals surface area contributed by atoms with Crippen LogP contribution in [0.15, 0.2) is 28.7 Å². The molecule has 2 N–H and O–H groups in total. The van der Waals surface area contributed by atoms with Gasteiger partial charge < -0.3 is 10.6 Å². The first-order valence-corrected chi connectivity index (χ1v) is 6.34. The van der Waals surface area contributed by atoms with Gasteiger partial charge in [-0.1, -0.05) is 28.1 Å². The van der Waals surface area contributed by atoms with Crippen molar-refractivity contribution in [2.24, 2.45) is 5.73 Å². The molecule has 0 bridgehead atoms. The zero-order valence-corrected chi connectivity index (χ0v) is 12.1. The SMILES string of the molecule is CN(Cc1cccc(Br)c1)C(=O)CC(C)(C)N. The molecule has 0 aromatic heterocycles. The Labute approximate surface area is 111 Å². The van der Waals surface area contributed by atoms with Gasteiger partial charge in [0.2, 0.25) is 5.91 Å². The molecule has 0 saturated carbocycles. The molecular weight excluding hydrogens is 280 g/mol. The largest absolute Gasteiger partial charge is 0.341 e. The minimum atomic E-state index is -0.456. The van der Waals surface area contributed by atoms with Crippen LogP contribution in [-0.4, -0.2) is 23.4 Å². The van der Waals surface area contributed by atoms with Crippen molar-refractivity contribution < 1.29 is 4.79 Å². The highest BCUT2D eigenvalue weighted by Crippen LogP contribution is 2.14. The van der Waals surface area contributed by atoms with Crippen LogP contribution in [0.3, 0.4) is 0 Å². The number of amides is 1. The number of benzene rings is 1. The van der Waals surface area contributed by atoms with E-state index in [1.54, 1.807) is 11.9 Å². The van der Waals surface area contributed by atoms with E-state index in [4.69, 9.17) is 5.73 Å². The molecule has 0 aliphatic rings. The minimum Gasteiger partial charge on any atom is -0.341 e. The lowest BCUT2D eigenvalue weighted by Crippen LogP contribution is -2.39. The van der Waals surface area contributed by atoms with Gasteiger partial charge in [-0.05, 0) is 31.5 Å². The highest BCUT2D eigenvalue weighted by molar-refractivity contribution is 9.10. The molecular formula is C13H19BrN2O. The smallest absolute Gasteiger partial charge is 0.224 e. The van der Waals surface area contributed by atoms with Gasteiger partial charge in [-0.25, -0.2) is 0 Å². The third-order valence-electron chi connectivity index (χ3n) is 2.34. The lowest BCUT2D eigenvalue weighted by Gasteiger charge is -2.23. The van der Waals surface area contributed by atoms with E-state index in [2.05, 4.69) is 15.9 Å². The van der Waals surface area contributed by atoms with Gasteiger partial charge >= 0.3 is 0 Å². The summed E-state index contributed by atoms with van der Waals surface area (Å²) in [5.74, 6) is 0.0671. The molecule has 1 aromatic rings. The van der Waals surface area contributed by atoms with E-state index in [0.717, 1.165) is 10.0 Å². The average molecular weight is 299 g/mol. The Kier molecular flexibility index (Phi) is 4.71. The summed E-state index contributed by atoms with van der Waals surface area (Å²) in [6.45, 7) is 4.32. The number of nitrogens with zero attached hydrogens (tertiary/aromatic N) is 1. The molecule has 0 aliphatic heterocycles. The normalized spacial score (nSPS) is 11.4. The summed E-state index contributed by atoms with van der Waals surface area (Å²) >= 11 is 3.41. The number of hydrogen-bond donors (Lipinski definition) is 1. The molecule has 3 nitrogen and oxygen atoms in total. The molecule has 4 heteroatoms. The van der Waals surface area contributed by atoms with Crippen molar-refractivity contribution in [1.29, 1.82) is 0 Å². The predicted octanol–water partition coefficient (Wildman–Crippen LogP) is 2.53. The van der Waals surface area contributed by atoms with Crippen LogP contribution in [0, 0.1) is 0 Å². The van der Waals surface area contributed by atoms with E-state index in [1.807, 2.05) is 38.1 Å². The molecule has 0 saturated heterocycles. The Morgan fingerprint density at radius 1 is 1.47 bits per heavy atom. The molecule has 94 valence electrons. The summed E-state index contributed by atoms with van der Waals surface area (Å²) < 4.78 is 1.02. The molecule has 1 amide bonds. The first-order chi connectivity index (χ1) is 7.78. The van der Waals surface area contributed by atoms with E-state index in [1.165, 1.54) is 0 Å². The summed E-state index contributed by atoms with van der Waals surface area (Å²) in [5, 5.41) is 0. The number of nitrogens with two attached hydrogens (primary N) is 1. The standard InChI is InChI=1S/C13H19BrN2O/c1-13(2,15)8-12(17)16(3)9-10-5-4-6-11(14)7-10/h4-7H,8-9,15H2,1-3H3. The fraction of sp³-hybridized carbons (Fsp3) is 0.462. The predicted molar refractivity (Wildman–Crippen MR) is 73.5 cm³/mol. The second-order valence-electron chi connectivity index (χ2n) is 5.05. The Morgan fingerprint density at radius 3 is 2.65 bits per heavy atom. The van der Waals surface area contributed by atoms with Crippen molar-refractivity contribution in [2.75, 3.05) is 7.05 Å². The van der Waals surface area contributed by atoms with Crippen LogP contribution in [0.25, 0.3) is 0 Å². The number of halogens is 1. The first kappa shape index (κ1) is 14.2. The fourth-order valence-electron chi connectivity index (χ4n) is 1.52. The van der Waals surface area contributed by atoms with Crippen LogP contribution in [-0.2, 0) is 11.3 Å². The molecule has 0 atom stereocenters. The van der Waals surface area contributed by atoms with Gasteiger partial charge in [-0.2, -0.15) is 0 Å². The van der Waals surface area contributed by atoms with Crippen LogP contribution in [0.4, 0.5) is 0 Å². The number of carbonyl (C=O) groups excluding carboxylic acids is 1. The quantitative estimate of drug-likeness (QED) is 0.928. The summed E-state index contributed by atoms with van der Waals surface area (Å²) in [5.41, 5.74) is 6.48. The zero-order chi connectivity index (χ0) is 13.1. The highest BCUT2D eigenvalue weighted by atomic mass is 79.9. The summed E-state index contributed by atoms with van der Waals surface area (Å²) in [4.78, 5) is 13.6. The molecule has 0 radical (unpaired) electrons. The van der Waals surface area contributed by atoms with E-state index < -0.39 is 5.54 Å². The van der Waals surface area contributed by atoms with E-state index in [0.29, 0.717) is 13.0 Å². The number of carbonyl (C=O) groups is 1. The fourth-order valence-corrected chi connectivity index (χ4v) is 1.97. The first-order valence-electron chi connectivity index (χ1n) is 5.55. The van der Waals surface area contributed by atoms with Crippen LogP contribution >= 0.6 is 15.9 Å². The molecule has 0 fully saturated rings. The molecule has 0 heterocycles. The van der Waals surface area contributed by atoms with Crippen molar-refractivity contribution in [3.8, 4) is 0 Å². The van der Waals surface area contributed by atoms with E-state index in [-0.39, 0.29) is 5.91 Å². The Balaban J connectivity index is 2.60. The number of hydrogen-bond acceptors (Lipinski definition) is 2. The topological polar surface area (TPSA) is 46.3 Å². The molecule has 1 aromatic carbocycles. The van der Waals surface area contributed by atoms with Gasteiger partial charge in [-0.15, -0.1) is 0 Å². The second-order valence-corrected chi connectivity index (χ2v) is 5.96. The third-order valence-corrected chi connectivity index (χ3v) is 2.83. The summed E-state index contributed by atoms with van der Waals surface area (Å²) in [6.07, 6.45) is 0.359. The van der Waals surface area contributed by atoms with Crippen molar-refractivity contribution in [3.05, 3.63) is 34.3 Å². The minimum absolute atomic E-state index is 0.0671. The van der Waals surface area contributed by atoms with E-state index >= 15 is 0 Å². The van der Waals surface area contributed by atoms with Gasteiger partial charge in [0.05, 0.1) is 0 Å². The van der Waals surface area contributed by atoms with Crippen LogP contribution in [0.2, 0.25) is 0 Å². The van der Waals surface area contributed by atoms with Crippen LogP contribution in [0.1, 0.15) is 25.8 Å². The average Bonchev–Trinajstić information content (AvgIpc) is 2.14. The molecule has 0 unspecified atom stereocenters. The Hall–Kier alpha value is -0.870. The molecule has 0 aliphatic carbocycles. The Bertz CT molecular complexity index is 399. The lowest BCUT2D eigenvalue weighted by atomic mass is 10.0. The third kappa shape index (κ3) is 5.33. The van der Waals surface area contributed by atoms with E-state index in [9.17, 15) is 4.79 Å². The van der Waals surface area contributed by atoms with Crippen LogP contribution in [0.5, 0.6) is 0 Å². The maximum atomic E-state index is 11.9. The maximum absolute atomic E-state index is 11.9. The van der Waals surface area contributed by atoms with Crippen LogP contribution < -0.4 is 5.73 Å². The number of rotatable bonds is 4. The molecule has 17 heavy (non-hydrogen) atoms. The highest BCUT2D eigenvalue weighted by Gasteiger charge is 2.19. The molecule has 0 spiro atoms. The van der Waals surface area contributed by atoms with Gasteiger partial charge in [0.1, 0.15) is 0 Å². The van der Waals surface area contributed by atoms with Crippen molar-refractivity contribution in [3.63, 3.8) is 0 Å². The van der Waals surface area contributed by atoms with Crippen molar-refractivity contribution >= 4 is 21.8 Å². The molecule has 1 rings (SSSR count). The monoisotopic (exact) mass is 298 g/mol.